The van der Waals surface area contributed by atoms with Gasteiger partial charge in [-0.2, -0.15) is 0 Å². The van der Waals surface area contributed by atoms with Crippen molar-refractivity contribution < 1.29 is 5.11 Å². The van der Waals surface area contributed by atoms with Crippen LogP contribution in [0.25, 0.3) is 11.0 Å². The van der Waals surface area contributed by atoms with Gasteiger partial charge in [0.1, 0.15) is 0 Å². The monoisotopic (exact) mass is 261 g/mol. The molecule has 1 aliphatic carbocycles. The van der Waals surface area contributed by atoms with Crippen LogP contribution in [-0.4, -0.2) is 27.7 Å². The van der Waals surface area contributed by atoms with E-state index < -0.39 is 0 Å². The summed E-state index contributed by atoms with van der Waals surface area (Å²) in [4.78, 5) is 16.7. The second-order valence-corrected chi connectivity index (χ2v) is 5.39. The third-order valence-corrected chi connectivity index (χ3v) is 3.93. The van der Waals surface area contributed by atoms with E-state index in [4.69, 9.17) is 0 Å². The predicted octanol–water partition coefficient (Wildman–Crippen LogP) is 1.82. The highest BCUT2D eigenvalue weighted by Gasteiger charge is 2.18. The van der Waals surface area contributed by atoms with Crippen LogP contribution in [0, 0.1) is 5.92 Å². The number of aliphatic hydroxyl groups excluding tert-OH is 1. The van der Waals surface area contributed by atoms with Crippen LogP contribution in [0.4, 0.5) is 5.69 Å². The van der Waals surface area contributed by atoms with E-state index in [1.54, 1.807) is 0 Å². The molecule has 4 N–H and O–H groups in total. The predicted molar refractivity (Wildman–Crippen MR) is 75.4 cm³/mol. The van der Waals surface area contributed by atoms with Gasteiger partial charge in [0.05, 0.1) is 17.1 Å². The number of H-pyrrole nitrogens is 2. The molecule has 19 heavy (non-hydrogen) atoms. The van der Waals surface area contributed by atoms with Crippen LogP contribution < -0.4 is 11.0 Å². The second kappa shape index (κ2) is 5.09. The maximum atomic E-state index is 11.2. The molecule has 1 aromatic heterocycles. The molecule has 1 heterocycles. The molecule has 102 valence electrons. The van der Waals surface area contributed by atoms with Crippen molar-refractivity contribution in [3.05, 3.63) is 28.7 Å². The molecular formula is C14H19N3O2. The number of imidazole rings is 1. The molecule has 0 saturated heterocycles. The van der Waals surface area contributed by atoms with E-state index >= 15 is 0 Å². The van der Waals surface area contributed by atoms with Crippen molar-refractivity contribution in [3.63, 3.8) is 0 Å². The Morgan fingerprint density at radius 2 is 1.89 bits per heavy atom. The molecule has 0 amide bonds. The Bertz CT molecular complexity index is 608. The molecule has 2 aromatic rings. The van der Waals surface area contributed by atoms with E-state index in [-0.39, 0.29) is 11.8 Å². The molecule has 1 aromatic carbocycles. The first kappa shape index (κ1) is 12.3. The minimum absolute atomic E-state index is 0.0995. The Labute approximate surface area is 111 Å². The van der Waals surface area contributed by atoms with Crippen LogP contribution in [0.5, 0.6) is 0 Å². The van der Waals surface area contributed by atoms with Gasteiger partial charge in [-0.3, -0.25) is 0 Å². The molecule has 0 aliphatic heterocycles. The summed E-state index contributed by atoms with van der Waals surface area (Å²) in [5.41, 5.74) is 2.51. The van der Waals surface area contributed by atoms with Gasteiger partial charge in [0, 0.05) is 12.2 Å². The van der Waals surface area contributed by atoms with Crippen molar-refractivity contribution in [2.45, 2.75) is 31.8 Å². The largest absolute Gasteiger partial charge is 0.393 e. The lowest BCUT2D eigenvalue weighted by atomic mass is 9.87. The number of hydrogen-bond donors (Lipinski definition) is 4. The van der Waals surface area contributed by atoms with E-state index in [0.717, 1.165) is 48.9 Å². The second-order valence-electron chi connectivity index (χ2n) is 5.39. The first-order chi connectivity index (χ1) is 9.20. The number of hydrogen-bond acceptors (Lipinski definition) is 3. The van der Waals surface area contributed by atoms with E-state index in [2.05, 4.69) is 15.3 Å². The third-order valence-electron chi connectivity index (χ3n) is 3.93. The van der Waals surface area contributed by atoms with Gasteiger partial charge in [0.2, 0.25) is 0 Å². The number of benzene rings is 1. The lowest BCUT2D eigenvalue weighted by molar-refractivity contribution is 0.111. The number of aromatic amines is 2. The molecule has 5 heteroatoms. The van der Waals surface area contributed by atoms with E-state index in [9.17, 15) is 9.90 Å². The lowest BCUT2D eigenvalue weighted by Crippen LogP contribution is -2.23. The maximum absolute atomic E-state index is 11.2. The van der Waals surface area contributed by atoms with Crippen LogP contribution in [-0.2, 0) is 0 Å². The Morgan fingerprint density at radius 3 is 2.68 bits per heavy atom. The summed E-state index contributed by atoms with van der Waals surface area (Å²) in [7, 11) is 0. The highest BCUT2D eigenvalue weighted by Crippen LogP contribution is 2.24. The standard InChI is InChI=1S/C14H19N3O2/c18-11-4-1-9(2-5-11)8-15-10-3-6-12-13(7-10)17-14(19)16-12/h3,6-7,9,11,15,18H,1-2,4-5,8H2,(H2,16,17,19). The van der Waals surface area contributed by atoms with Gasteiger partial charge in [-0.15, -0.1) is 0 Å². The summed E-state index contributed by atoms with van der Waals surface area (Å²) in [6.45, 7) is 0.923. The fraction of sp³-hybridized carbons (Fsp3) is 0.500. The molecule has 1 aliphatic rings. The Kier molecular flexibility index (Phi) is 3.29. The number of aliphatic hydroxyl groups is 1. The normalized spacial score (nSPS) is 23.6. The van der Waals surface area contributed by atoms with Crippen LogP contribution in [0.1, 0.15) is 25.7 Å². The average Bonchev–Trinajstić information content (AvgIpc) is 2.77. The smallest absolute Gasteiger partial charge is 0.323 e. The highest BCUT2D eigenvalue weighted by molar-refractivity contribution is 5.78. The zero-order valence-corrected chi connectivity index (χ0v) is 10.8. The Morgan fingerprint density at radius 1 is 1.16 bits per heavy atom. The molecule has 3 rings (SSSR count). The maximum Gasteiger partial charge on any atom is 0.323 e. The summed E-state index contributed by atoms with van der Waals surface area (Å²) < 4.78 is 0. The first-order valence-corrected chi connectivity index (χ1v) is 6.85. The minimum atomic E-state index is -0.173. The zero-order valence-electron chi connectivity index (χ0n) is 10.8. The van der Waals surface area contributed by atoms with Gasteiger partial charge < -0.3 is 20.4 Å². The van der Waals surface area contributed by atoms with Crippen molar-refractivity contribution >= 4 is 16.7 Å². The summed E-state index contributed by atoms with van der Waals surface area (Å²) in [6, 6.07) is 5.83. The van der Waals surface area contributed by atoms with Gasteiger partial charge in [0.25, 0.3) is 0 Å². The summed E-state index contributed by atoms with van der Waals surface area (Å²) in [5, 5.41) is 12.9. The molecule has 0 spiro atoms. The topological polar surface area (TPSA) is 80.9 Å². The minimum Gasteiger partial charge on any atom is -0.393 e. The molecular weight excluding hydrogens is 242 g/mol. The average molecular weight is 261 g/mol. The number of fused-ring (bicyclic) bond motifs is 1. The molecule has 0 bridgehead atoms. The zero-order chi connectivity index (χ0) is 13.2. The fourth-order valence-corrected chi connectivity index (χ4v) is 2.75. The van der Waals surface area contributed by atoms with E-state index in [0.29, 0.717) is 5.92 Å². The molecule has 5 nitrogen and oxygen atoms in total. The van der Waals surface area contributed by atoms with Crippen molar-refractivity contribution in [2.24, 2.45) is 5.92 Å². The SMILES string of the molecule is O=c1[nH]c2ccc(NCC3CCC(O)CC3)cc2[nH]1. The van der Waals surface area contributed by atoms with Gasteiger partial charge in [0.15, 0.2) is 0 Å². The van der Waals surface area contributed by atoms with Crippen LogP contribution in [0.3, 0.4) is 0 Å². The third kappa shape index (κ3) is 2.81. The van der Waals surface area contributed by atoms with Gasteiger partial charge in [-0.25, -0.2) is 4.79 Å². The Hall–Kier alpha value is -1.75. The lowest BCUT2D eigenvalue weighted by Gasteiger charge is -2.25. The molecule has 1 fully saturated rings. The van der Waals surface area contributed by atoms with E-state index in [1.165, 1.54) is 0 Å². The number of nitrogens with one attached hydrogen (secondary N) is 3. The molecule has 0 unspecified atom stereocenters. The van der Waals surface area contributed by atoms with Crippen molar-refractivity contribution in [1.82, 2.24) is 9.97 Å². The fourth-order valence-electron chi connectivity index (χ4n) is 2.75. The summed E-state index contributed by atoms with van der Waals surface area (Å²) in [6.07, 6.45) is 3.89. The summed E-state index contributed by atoms with van der Waals surface area (Å²) >= 11 is 0. The molecule has 1 saturated carbocycles. The van der Waals surface area contributed by atoms with Crippen LogP contribution in [0.15, 0.2) is 23.0 Å². The number of rotatable bonds is 3. The quantitative estimate of drug-likeness (QED) is 0.680. The summed E-state index contributed by atoms with van der Waals surface area (Å²) in [5.74, 6) is 0.629. The number of aromatic nitrogens is 2. The van der Waals surface area contributed by atoms with Crippen molar-refractivity contribution in [2.75, 3.05) is 11.9 Å². The first-order valence-electron chi connectivity index (χ1n) is 6.85. The van der Waals surface area contributed by atoms with Gasteiger partial charge in [-0.05, 0) is 49.8 Å². The van der Waals surface area contributed by atoms with Crippen LogP contribution >= 0.6 is 0 Å². The van der Waals surface area contributed by atoms with Crippen molar-refractivity contribution in [1.29, 1.82) is 0 Å². The van der Waals surface area contributed by atoms with Gasteiger partial charge >= 0.3 is 5.69 Å². The van der Waals surface area contributed by atoms with Crippen molar-refractivity contribution in [3.8, 4) is 0 Å². The molecule has 0 atom stereocenters. The number of anilines is 1. The Balaban J connectivity index is 1.63. The van der Waals surface area contributed by atoms with Gasteiger partial charge in [-0.1, -0.05) is 0 Å². The molecule has 0 radical (unpaired) electrons. The van der Waals surface area contributed by atoms with E-state index in [1.807, 2.05) is 18.2 Å². The highest BCUT2D eigenvalue weighted by atomic mass is 16.3. The van der Waals surface area contributed by atoms with Crippen LogP contribution in [0.2, 0.25) is 0 Å².